The molecule has 0 spiro atoms. The zero-order valence-corrected chi connectivity index (χ0v) is 11.9. The van der Waals surface area contributed by atoms with Crippen molar-refractivity contribution in [3.8, 4) is 0 Å². The summed E-state index contributed by atoms with van der Waals surface area (Å²) >= 11 is 8.25. The normalized spacial score (nSPS) is 11.6. The predicted octanol–water partition coefficient (Wildman–Crippen LogP) is 3.97. The van der Waals surface area contributed by atoms with Gasteiger partial charge < -0.3 is 0 Å². The number of alkyl halides is 3. The highest BCUT2D eigenvalue weighted by Crippen LogP contribution is 2.24. The van der Waals surface area contributed by atoms with Gasteiger partial charge in [-0.05, 0) is 27.4 Å². The smallest absolute Gasteiger partial charge is 0.251 e. The second-order valence-corrected chi connectivity index (χ2v) is 5.65. The monoisotopic (exact) mass is 361 g/mol. The van der Waals surface area contributed by atoms with E-state index < -0.39 is 6.43 Å². The van der Waals surface area contributed by atoms with Gasteiger partial charge in [0, 0.05) is 27.8 Å². The van der Waals surface area contributed by atoms with Crippen LogP contribution in [0.4, 0.5) is 8.78 Å². The molecule has 0 aromatic carbocycles. The first-order valence-corrected chi connectivity index (χ1v) is 7.21. The lowest BCUT2D eigenvalue weighted by Crippen LogP contribution is -2.30. The average Bonchev–Trinajstić information content (AvgIpc) is 2.51. The van der Waals surface area contributed by atoms with Crippen molar-refractivity contribution in [2.45, 2.75) is 13.0 Å². The Morgan fingerprint density at radius 3 is 2.67 bits per heavy atom. The molecular weight excluding hydrogens is 352 g/mol. The maximum atomic E-state index is 12.3. The molecule has 0 unspecified atom stereocenters. The van der Waals surface area contributed by atoms with Crippen LogP contribution in [-0.2, 0) is 6.54 Å². The SMILES string of the molecule is FC(F)CN(CCBr)Cc1sccc1Br. The van der Waals surface area contributed by atoms with E-state index in [2.05, 4.69) is 31.9 Å². The fraction of sp³-hybridized carbons (Fsp3) is 0.556. The lowest BCUT2D eigenvalue weighted by Gasteiger charge is -2.20. The van der Waals surface area contributed by atoms with Crippen molar-refractivity contribution in [3.63, 3.8) is 0 Å². The van der Waals surface area contributed by atoms with Crippen molar-refractivity contribution >= 4 is 43.2 Å². The van der Waals surface area contributed by atoms with E-state index in [1.807, 2.05) is 11.4 Å². The summed E-state index contributed by atoms with van der Waals surface area (Å²) in [7, 11) is 0. The topological polar surface area (TPSA) is 3.24 Å². The Bertz CT molecular complexity index is 293. The molecule has 0 saturated heterocycles. The Hall–Kier alpha value is 0.480. The zero-order valence-electron chi connectivity index (χ0n) is 7.93. The molecule has 0 aliphatic carbocycles. The molecule has 0 aliphatic rings. The van der Waals surface area contributed by atoms with Crippen molar-refractivity contribution in [1.29, 1.82) is 0 Å². The van der Waals surface area contributed by atoms with Crippen LogP contribution in [0.15, 0.2) is 15.9 Å². The fourth-order valence-electron chi connectivity index (χ4n) is 1.19. The molecule has 0 amide bonds. The minimum Gasteiger partial charge on any atom is -0.292 e. The molecular formula is C9H11Br2F2NS. The maximum Gasteiger partial charge on any atom is 0.251 e. The Morgan fingerprint density at radius 1 is 1.47 bits per heavy atom. The number of hydrogen-bond donors (Lipinski definition) is 0. The van der Waals surface area contributed by atoms with E-state index in [0.29, 0.717) is 18.4 Å². The molecule has 1 rings (SSSR count). The van der Waals surface area contributed by atoms with E-state index in [0.717, 1.165) is 9.35 Å². The Balaban J connectivity index is 2.54. The summed E-state index contributed by atoms with van der Waals surface area (Å²) in [5.41, 5.74) is 0. The summed E-state index contributed by atoms with van der Waals surface area (Å²) in [4.78, 5) is 2.84. The van der Waals surface area contributed by atoms with Crippen molar-refractivity contribution in [2.75, 3.05) is 18.4 Å². The van der Waals surface area contributed by atoms with E-state index >= 15 is 0 Å². The lowest BCUT2D eigenvalue weighted by molar-refractivity contribution is 0.0885. The number of rotatable bonds is 6. The third-order valence-electron chi connectivity index (χ3n) is 1.86. The first-order valence-electron chi connectivity index (χ1n) is 4.41. The molecule has 0 fully saturated rings. The predicted molar refractivity (Wildman–Crippen MR) is 67.1 cm³/mol. The van der Waals surface area contributed by atoms with Crippen LogP contribution in [-0.4, -0.2) is 29.7 Å². The Kier molecular flexibility index (Phi) is 6.26. The van der Waals surface area contributed by atoms with Crippen LogP contribution in [0, 0.1) is 0 Å². The van der Waals surface area contributed by atoms with Gasteiger partial charge >= 0.3 is 0 Å². The summed E-state index contributed by atoms with van der Waals surface area (Å²) in [6.45, 7) is 1.04. The van der Waals surface area contributed by atoms with Crippen LogP contribution in [0.2, 0.25) is 0 Å². The standard InChI is InChI=1S/C9H11Br2F2NS/c10-2-3-14(6-9(12)13)5-8-7(11)1-4-15-8/h1,4,9H,2-3,5-6H2. The summed E-state index contributed by atoms with van der Waals surface area (Å²) in [6.07, 6.45) is -2.28. The van der Waals surface area contributed by atoms with Gasteiger partial charge in [0.05, 0.1) is 6.54 Å². The van der Waals surface area contributed by atoms with Crippen molar-refractivity contribution < 1.29 is 8.78 Å². The third kappa shape index (κ3) is 4.89. The second kappa shape index (κ2) is 6.93. The minimum atomic E-state index is -2.28. The molecule has 6 heteroatoms. The molecule has 1 nitrogen and oxygen atoms in total. The van der Waals surface area contributed by atoms with Crippen LogP contribution >= 0.6 is 43.2 Å². The van der Waals surface area contributed by atoms with Crippen molar-refractivity contribution in [3.05, 3.63) is 20.8 Å². The molecule has 86 valence electrons. The summed E-state index contributed by atoms with van der Waals surface area (Å²) in [5, 5.41) is 2.66. The number of nitrogens with zero attached hydrogens (tertiary/aromatic N) is 1. The van der Waals surface area contributed by atoms with Crippen LogP contribution < -0.4 is 0 Å². The molecule has 0 saturated carbocycles. The van der Waals surface area contributed by atoms with Gasteiger partial charge in [-0.2, -0.15) is 0 Å². The van der Waals surface area contributed by atoms with Gasteiger partial charge in [-0.1, -0.05) is 15.9 Å². The van der Waals surface area contributed by atoms with E-state index in [1.165, 1.54) is 0 Å². The molecule has 0 aliphatic heterocycles. The average molecular weight is 363 g/mol. The minimum absolute atomic E-state index is 0.171. The van der Waals surface area contributed by atoms with E-state index in [9.17, 15) is 8.78 Å². The molecule has 0 atom stereocenters. The van der Waals surface area contributed by atoms with Crippen molar-refractivity contribution in [1.82, 2.24) is 4.90 Å². The second-order valence-electron chi connectivity index (χ2n) is 3.01. The van der Waals surface area contributed by atoms with Crippen LogP contribution in [0.1, 0.15) is 4.88 Å². The largest absolute Gasteiger partial charge is 0.292 e. The van der Waals surface area contributed by atoms with Crippen LogP contribution in [0.5, 0.6) is 0 Å². The first kappa shape index (κ1) is 13.5. The number of halogens is 4. The molecule has 1 heterocycles. The van der Waals surface area contributed by atoms with Gasteiger partial charge in [0.15, 0.2) is 0 Å². The van der Waals surface area contributed by atoms with Gasteiger partial charge in [0.2, 0.25) is 0 Å². The molecule has 1 aromatic heterocycles. The zero-order chi connectivity index (χ0) is 11.3. The van der Waals surface area contributed by atoms with E-state index in [4.69, 9.17) is 0 Å². The van der Waals surface area contributed by atoms with Crippen LogP contribution in [0.3, 0.4) is 0 Å². The third-order valence-corrected chi connectivity index (χ3v) is 4.12. The van der Waals surface area contributed by atoms with Gasteiger partial charge in [-0.3, -0.25) is 4.90 Å². The molecule has 0 bridgehead atoms. The van der Waals surface area contributed by atoms with Gasteiger partial charge in [-0.25, -0.2) is 8.78 Å². The van der Waals surface area contributed by atoms with E-state index in [1.54, 1.807) is 16.2 Å². The first-order chi connectivity index (χ1) is 7.13. The van der Waals surface area contributed by atoms with Gasteiger partial charge in [0.1, 0.15) is 0 Å². The Labute approximate surface area is 109 Å². The molecule has 15 heavy (non-hydrogen) atoms. The summed E-state index contributed by atoms with van der Waals surface area (Å²) < 4.78 is 25.5. The molecule has 1 aromatic rings. The highest BCUT2D eigenvalue weighted by Gasteiger charge is 2.13. The van der Waals surface area contributed by atoms with Crippen molar-refractivity contribution in [2.24, 2.45) is 0 Å². The molecule has 0 radical (unpaired) electrons. The summed E-state index contributed by atoms with van der Waals surface area (Å²) in [5.74, 6) is 0. The quantitative estimate of drug-likeness (QED) is 0.692. The number of hydrogen-bond acceptors (Lipinski definition) is 2. The van der Waals surface area contributed by atoms with E-state index in [-0.39, 0.29) is 6.54 Å². The highest BCUT2D eigenvalue weighted by atomic mass is 79.9. The lowest BCUT2D eigenvalue weighted by atomic mass is 10.4. The maximum absolute atomic E-state index is 12.3. The highest BCUT2D eigenvalue weighted by molar-refractivity contribution is 9.10. The Morgan fingerprint density at radius 2 is 2.20 bits per heavy atom. The number of thiophene rings is 1. The van der Waals surface area contributed by atoms with Gasteiger partial charge in [0.25, 0.3) is 6.43 Å². The summed E-state index contributed by atoms with van der Waals surface area (Å²) in [6, 6.07) is 1.94. The fourth-order valence-corrected chi connectivity index (χ4v) is 3.21. The van der Waals surface area contributed by atoms with Gasteiger partial charge in [-0.15, -0.1) is 11.3 Å². The molecule has 0 N–H and O–H groups in total. The van der Waals surface area contributed by atoms with Crippen LogP contribution in [0.25, 0.3) is 0 Å².